The Balaban J connectivity index is 2.11. The molecule has 4 N–H and O–H groups in total. The number of hydrogen-bond donors (Lipinski definition) is 3. The molecule has 5 heteroatoms. The van der Waals surface area contributed by atoms with Crippen LogP contribution in [-0.4, -0.2) is 30.3 Å². The lowest BCUT2D eigenvalue weighted by Crippen LogP contribution is -2.61. The Morgan fingerprint density at radius 3 is 2.67 bits per heavy atom. The minimum Gasteiger partial charge on any atom is -0.409 e. The SMILES string of the molecule is COC1CC(NC(C/C(N)=N/O)c2ccccc2)C1(C)C. The van der Waals surface area contributed by atoms with Crippen molar-refractivity contribution in [3.63, 3.8) is 0 Å². The molecule has 0 amide bonds. The zero-order chi connectivity index (χ0) is 15.5. The van der Waals surface area contributed by atoms with Crippen LogP contribution < -0.4 is 11.1 Å². The van der Waals surface area contributed by atoms with Crippen molar-refractivity contribution in [1.82, 2.24) is 5.32 Å². The van der Waals surface area contributed by atoms with Gasteiger partial charge in [0, 0.05) is 31.0 Å². The van der Waals surface area contributed by atoms with Gasteiger partial charge < -0.3 is 21.0 Å². The lowest BCUT2D eigenvalue weighted by atomic mass is 9.64. The van der Waals surface area contributed by atoms with E-state index in [1.165, 1.54) is 0 Å². The van der Waals surface area contributed by atoms with Crippen molar-refractivity contribution in [3.8, 4) is 0 Å². The molecule has 0 spiro atoms. The number of hydrogen-bond acceptors (Lipinski definition) is 4. The highest BCUT2D eigenvalue weighted by Gasteiger charge is 2.49. The lowest BCUT2D eigenvalue weighted by Gasteiger charge is -2.52. The molecule has 1 aromatic rings. The smallest absolute Gasteiger partial charge is 0.141 e. The van der Waals surface area contributed by atoms with Crippen molar-refractivity contribution in [3.05, 3.63) is 35.9 Å². The number of amidine groups is 1. The molecule has 1 fully saturated rings. The van der Waals surface area contributed by atoms with Crippen LogP contribution in [0.15, 0.2) is 35.5 Å². The number of nitrogens with two attached hydrogens (primary N) is 1. The number of nitrogens with one attached hydrogen (secondary N) is 1. The average molecular weight is 291 g/mol. The van der Waals surface area contributed by atoms with Crippen LogP contribution in [0.4, 0.5) is 0 Å². The van der Waals surface area contributed by atoms with E-state index in [1.807, 2.05) is 18.2 Å². The van der Waals surface area contributed by atoms with Gasteiger partial charge in [0.25, 0.3) is 0 Å². The van der Waals surface area contributed by atoms with Crippen LogP contribution in [0.1, 0.15) is 38.3 Å². The molecular weight excluding hydrogens is 266 g/mol. The van der Waals surface area contributed by atoms with Gasteiger partial charge >= 0.3 is 0 Å². The van der Waals surface area contributed by atoms with E-state index in [9.17, 15) is 0 Å². The summed E-state index contributed by atoms with van der Waals surface area (Å²) >= 11 is 0. The topological polar surface area (TPSA) is 79.9 Å². The first-order valence-electron chi connectivity index (χ1n) is 7.29. The molecule has 1 aliphatic carbocycles. The van der Waals surface area contributed by atoms with Gasteiger partial charge in [-0.3, -0.25) is 0 Å². The molecule has 0 aliphatic heterocycles. The summed E-state index contributed by atoms with van der Waals surface area (Å²) in [4.78, 5) is 0. The summed E-state index contributed by atoms with van der Waals surface area (Å²) in [7, 11) is 1.76. The standard InChI is InChI=1S/C16H25N3O2/c1-16(2)13(10-14(16)21-3)18-12(9-15(17)19-20)11-7-5-4-6-8-11/h4-8,12-14,18,20H,9-10H2,1-3H3,(H2,17,19). The largest absolute Gasteiger partial charge is 0.409 e. The number of nitrogens with zero attached hydrogens (tertiary/aromatic N) is 1. The maximum atomic E-state index is 8.83. The fourth-order valence-electron chi connectivity index (χ4n) is 3.02. The van der Waals surface area contributed by atoms with Gasteiger partial charge in [-0.05, 0) is 12.0 Å². The summed E-state index contributed by atoms with van der Waals surface area (Å²) in [5.74, 6) is 0.233. The third-order valence-electron chi connectivity index (χ3n) is 4.61. The number of methoxy groups -OCH3 is 1. The van der Waals surface area contributed by atoms with E-state index in [0.29, 0.717) is 12.5 Å². The first-order chi connectivity index (χ1) is 9.98. The molecule has 116 valence electrons. The summed E-state index contributed by atoms with van der Waals surface area (Å²) in [5, 5.41) is 15.6. The van der Waals surface area contributed by atoms with Gasteiger partial charge in [-0.25, -0.2) is 0 Å². The number of benzene rings is 1. The minimum absolute atomic E-state index is 0.0316. The van der Waals surface area contributed by atoms with Crippen molar-refractivity contribution >= 4 is 5.84 Å². The average Bonchev–Trinajstić information content (AvgIpc) is 2.50. The second kappa shape index (κ2) is 6.45. The first-order valence-corrected chi connectivity index (χ1v) is 7.29. The van der Waals surface area contributed by atoms with Gasteiger partial charge in [0.15, 0.2) is 0 Å². The zero-order valence-corrected chi connectivity index (χ0v) is 12.9. The van der Waals surface area contributed by atoms with Crippen LogP contribution >= 0.6 is 0 Å². The predicted molar refractivity (Wildman–Crippen MR) is 83.3 cm³/mol. The fourth-order valence-corrected chi connectivity index (χ4v) is 3.02. The molecule has 0 radical (unpaired) electrons. The number of rotatable bonds is 6. The highest BCUT2D eigenvalue weighted by Crippen LogP contribution is 2.43. The predicted octanol–water partition coefficient (Wildman–Crippen LogP) is 2.27. The van der Waals surface area contributed by atoms with Gasteiger partial charge in [0.2, 0.25) is 0 Å². The Kier molecular flexibility index (Phi) is 4.85. The van der Waals surface area contributed by atoms with E-state index in [-0.39, 0.29) is 23.4 Å². The van der Waals surface area contributed by atoms with E-state index < -0.39 is 0 Å². The second-order valence-electron chi connectivity index (χ2n) is 6.26. The first kappa shape index (κ1) is 15.8. The normalized spacial score (nSPS) is 26.1. The van der Waals surface area contributed by atoms with E-state index in [4.69, 9.17) is 15.7 Å². The Hall–Kier alpha value is -1.59. The lowest BCUT2D eigenvalue weighted by molar-refractivity contribution is -0.100. The summed E-state index contributed by atoms with van der Waals surface area (Å²) in [5.41, 5.74) is 6.92. The fraction of sp³-hybridized carbons (Fsp3) is 0.562. The maximum Gasteiger partial charge on any atom is 0.141 e. The molecular formula is C16H25N3O2. The van der Waals surface area contributed by atoms with Crippen molar-refractivity contribution in [2.75, 3.05) is 7.11 Å². The molecule has 0 heterocycles. The number of oxime groups is 1. The van der Waals surface area contributed by atoms with Crippen molar-refractivity contribution in [2.24, 2.45) is 16.3 Å². The van der Waals surface area contributed by atoms with Gasteiger partial charge in [0.05, 0.1) is 6.10 Å². The maximum absolute atomic E-state index is 8.83. The summed E-state index contributed by atoms with van der Waals surface area (Å²) in [6.45, 7) is 4.40. The Labute approximate surface area is 126 Å². The highest BCUT2D eigenvalue weighted by atomic mass is 16.5. The van der Waals surface area contributed by atoms with E-state index >= 15 is 0 Å². The molecule has 1 aliphatic rings. The summed E-state index contributed by atoms with van der Waals surface area (Å²) in [6, 6.07) is 10.5. The summed E-state index contributed by atoms with van der Waals surface area (Å²) < 4.78 is 5.49. The van der Waals surface area contributed by atoms with Crippen molar-refractivity contribution in [1.29, 1.82) is 0 Å². The molecule has 0 bridgehead atoms. The van der Waals surface area contributed by atoms with Crippen molar-refractivity contribution < 1.29 is 9.94 Å². The monoisotopic (exact) mass is 291 g/mol. The molecule has 0 aromatic heterocycles. The van der Waals surface area contributed by atoms with Crippen LogP contribution in [0.2, 0.25) is 0 Å². The van der Waals surface area contributed by atoms with E-state index in [1.54, 1.807) is 7.11 Å². The molecule has 1 aromatic carbocycles. The van der Waals surface area contributed by atoms with Crippen LogP contribution in [-0.2, 0) is 4.74 Å². The molecule has 1 saturated carbocycles. The van der Waals surface area contributed by atoms with Gasteiger partial charge in [-0.1, -0.05) is 49.3 Å². The van der Waals surface area contributed by atoms with Crippen LogP contribution in [0.25, 0.3) is 0 Å². The van der Waals surface area contributed by atoms with E-state index in [2.05, 4.69) is 36.5 Å². The molecule has 3 unspecified atom stereocenters. The summed E-state index contributed by atoms with van der Waals surface area (Å²) in [6.07, 6.45) is 1.73. The van der Waals surface area contributed by atoms with Gasteiger partial charge in [-0.2, -0.15) is 0 Å². The Morgan fingerprint density at radius 1 is 1.48 bits per heavy atom. The number of ether oxygens (including phenoxy) is 1. The molecule has 3 atom stereocenters. The quantitative estimate of drug-likeness (QED) is 0.325. The van der Waals surface area contributed by atoms with Crippen LogP contribution in [0.3, 0.4) is 0 Å². The Bertz CT molecular complexity index is 488. The third kappa shape index (κ3) is 3.36. The van der Waals surface area contributed by atoms with Crippen LogP contribution in [0, 0.1) is 5.41 Å². The van der Waals surface area contributed by atoms with Gasteiger partial charge in [-0.15, -0.1) is 0 Å². The molecule has 0 saturated heterocycles. The molecule has 2 rings (SSSR count). The van der Waals surface area contributed by atoms with Crippen LogP contribution in [0.5, 0.6) is 0 Å². The molecule has 21 heavy (non-hydrogen) atoms. The second-order valence-corrected chi connectivity index (χ2v) is 6.26. The van der Waals surface area contributed by atoms with Gasteiger partial charge in [0.1, 0.15) is 5.84 Å². The van der Waals surface area contributed by atoms with E-state index in [0.717, 1.165) is 12.0 Å². The Morgan fingerprint density at radius 2 is 2.14 bits per heavy atom. The van der Waals surface area contributed by atoms with Crippen molar-refractivity contribution in [2.45, 2.75) is 44.9 Å². The zero-order valence-electron chi connectivity index (χ0n) is 12.9. The minimum atomic E-state index is 0.0316. The third-order valence-corrected chi connectivity index (χ3v) is 4.61. The highest BCUT2D eigenvalue weighted by molar-refractivity contribution is 5.80. The molecule has 5 nitrogen and oxygen atoms in total.